The number of sulfonamides is 1. The molecule has 3 heterocycles. The number of hydrogen-bond acceptors (Lipinski definition) is 6. The van der Waals surface area contributed by atoms with Gasteiger partial charge in [0.25, 0.3) is 0 Å². The summed E-state index contributed by atoms with van der Waals surface area (Å²) in [5, 5.41) is 0. The molecule has 1 aromatic heterocycles. The Hall–Kier alpha value is -2.03. The molecular formula is C18H22N2O5S. The largest absolute Gasteiger partial charge is 0.486 e. The van der Waals surface area contributed by atoms with Gasteiger partial charge >= 0.3 is 0 Å². The van der Waals surface area contributed by atoms with Crippen LogP contribution in [0.1, 0.15) is 24.6 Å². The van der Waals surface area contributed by atoms with Crippen molar-refractivity contribution in [2.24, 2.45) is 0 Å². The molecule has 1 aromatic carbocycles. The minimum atomic E-state index is -3.66. The molecular weight excluding hydrogens is 356 g/mol. The number of fused-ring (bicyclic) bond motifs is 1. The molecule has 2 aromatic rings. The van der Waals surface area contributed by atoms with Crippen LogP contribution in [0, 0.1) is 0 Å². The first-order valence-electron chi connectivity index (χ1n) is 8.80. The van der Waals surface area contributed by atoms with Crippen molar-refractivity contribution in [1.82, 2.24) is 9.62 Å². The lowest BCUT2D eigenvalue weighted by Crippen LogP contribution is -2.36. The van der Waals surface area contributed by atoms with Crippen molar-refractivity contribution in [3.8, 4) is 11.5 Å². The first-order chi connectivity index (χ1) is 12.6. The van der Waals surface area contributed by atoms with E-state index in [-0.39, 0.29) is 17.5 Å². The molecule has 0 radical (unpaired) electrons. The molecule has 0 saturated carbocycles. The predicted molar refractivity (Wildman–Crippen MR) is 94.9 cm³/mol. The lowest BCUT2D eigenvalue weighted by Gasteiger charge is -2.26. The van der Waals surface area contributed by atoms with E-state index < -0.39 is 10.0 Å². The van der Waals surface area contributed by atoms with Gasteiger partial charge < -0.3 is 13.9 Å². The zero-order valence-electron chi connectivity index (χ0n) is 14.4. The van der Waals surface area contributed by atoms with E-state index in [0.29, 0.717) is 24.7 Å². The van der Waals surface area contributed by atoms with Gasteiger partial charge in [-0.2, -0.15) is 0 Å². The molecule has 1 saturated heterocycles. The van der Waals surface area contributed by atoms with Crippen LogP contribution in [0.25, 0.3) is 0 Å². The number of rotatable bonds is 6. The Morgan fingerprint density at radius 2 is 1.85 bits per heavy atom. The second-order valence-electron chi connectivity index (χ2n) is 6.43. The van der Waals surface area contributed by atoms with Crippen molar-refractivity contribution in [3.05, 3.63) is 42.4 Å². The second kappa shape index (κ2) is 7.30. The number of benzene rings is 1. The fourth-order valence-electron chi connectivity index (χ4n) is 3.41. The van der Waals surface area contributed by atoms with Crippen LogP contribution in [0.4, 0.5) is 0 Å². The van der Waals surface area contributed by atoms with Crippen LogP contribution < -0.4 is 14.2 Å². The average molecular weight is 378 g/mol. The highest BCUT2D eigenvalue weighted by Crippen LogP contribution is 2.32. The molecule has 7 nitrogen and oxygen atoms in total. The van der Waals surface area contributed by atoms with Crippen LogP contribution in [0.5, 0.6) is 11.5 Å². The normalized spacial score (nSPS) is 18.8. The van der Waals surface area contributed by atoms with Crippen molar-refractivity contribution in [2.45, 2.75) is 23.8 Å². The van der Waals surface area contributed by atoms with Gasteiger partial charge in [-0.3, -0.25) is 4.90 Å². The monoisotopic (exact) mass is 378 g/mol. The molecule has 0 unspecified atom stereocenters. The highest BCUT2D eigenvalue weighted by atomic mass is 32.2. The molecule has 1 fully saturated rings. The van der Waals surface area contributed by atoms with E-state index in [1.807, 2.05) is 12.1 Å². The summed E-state index contributed by atoms with van der Waals surface area (Å²) in [6.45, 7) is 3.02. The van der Waals surface area contributed by atoms with E-state index in [4.69, 9.17) is 13.9 Å². The van der Waals surface area contributed by atoms with Gasteiger partial charge in [-0.05, 0) is 50.2 Å². The number of ether oxygens (including phenoxy) is 2. The maximum Gasteiger partial charge on any atom is 0.240 e. The van der Waals surface area contributed by atoms with Crippen LogP contribution in [-0.4, -0.2) is 46.2 Å². The van der Waals surface area contributed by atoms with Crippen molar-refractivity contribution in [2.75, 3.05) is 32.8 Å². The second-order valence-corrected chi connectivity index (χ2v) is 8.20. The van der Waals surface area contributed by atoms with Gasteiger partial charge in [-0.25, -0.2) is 13.1 Å². The molecule has 1 atom stereocenters. The van der Waals surface area contributed by atoms with Crippen molar-refractivity contribution in [1.29, 1.82) is 0 Å². The molecule has 2 aliphatic heterocycles. The molecule has 4 rings (SSSR count). The first-order valence-corrected chi connectivity index (χ1v) is 10.3. The Kier molecular flexibility index (Phi) is 4.88. The lowest BCUT2D eigenvalue weighted by atomic mass is 10.2. The summed E-state index contributed by atoms with van der Waals surface area (Å²) in [7, 11) is -3.66. The third kappa shape index (κ3) is 3.58. The van der Waals surface area contributed by atoms with Crippen molar-refractivity contribution < 1.29 is 22.3 Å². The SMILES string of the molecule is O=S(=O)(NC[C@@H](c1ccco1)N1CCCC1)c1ccc2c(c1)OCCO2. The Morgan fingerprint density at radius 3 is 2.58 bits per heavy atom. The van der Waals surface area contributed by atoms with Gasteiger partial charge in [0, 0.05) is 12.6 Å². The molecule has 2 aliphatic rings. The zero-order chi connectivity index (χ0) is 18.0. The Labute approximate surface area is 152 Å². The number of hydrogen-bond donors (Lipinski definition) is 1. The zero-order valence-corrected chi connectivity index (χ0v) is 15.2. The Morgan fingerprint density at radius 1 is 1.08 bits per heavy atom. The fourth-order valence-corrected chi connectivity index (χ4v) is 4.46. The van der Waals surface area contributed by atoms with Gasteiger partial charge in [0.15, 0.2) is 11.5 Å². The standard InChI is InChI=1S/C18H22N2O5S/c21-26(22,14-5-6-17-18(12-14)25-11-10-24-17)19-13-15(16-4-3-9-23-16)20-7-1-2-8-20/h3-6,9,12,15,19H,1-2,7-8,10-11,13H2/t15-/m0/s1. The van der Waals surface area contributed by atoms with Crippen LogP contribution >= 0.6 is 0 Å². The number of furan rings is 1. The number of nitrogens with zero attached hydrogens (tertiary/aromatic N) is 1. The predicted octanol–water partition coefficient (Wildman–Crippen LogP) is 2.17. The summed E-state index contributed by atoms with van der Waals surface area (Å²) in [5.74, 6) is 1.80. The first kappa shape index (κ1) is 17.4. The van der Waals surface area contributed by atoms with Crippen molar-refractivity contribution in [3.63, 3.8) is 0 Å². The highest BCUT2D eigenvalue weighted by molar-refractivity contribution is 7.89. The quantitative estimate of drug-likeness (QED) is 0.830. The lowest BCUT2D eigenvalue weighted by molar-refractivity contribution is 0.171. The highest BCUT2D eigenvalue weighted by Gasteiger charge is 2.28. The molecule has 0 bridgehead atoms. The van der Waals surface area contributed by atoms with Gasteiger partial charge in [0.1, 0.15) is 19.0 Å². The summed E-state index contributed by atoms with van der Waals surface area (Å²) in [4.78, 5) is 2.42. The molecule has 8 heteroatoms. The van der Waals surface area contributed by atoms with E-state index in [1.165, 1.54) is 12.1 Å². The van der Waals surface area contributed by atoms with Crippen LogP contribution in [0.15, 0.2) is 45.9 Å². The maximum absolute atomic E-state index is 12.8. The van der Waals surface area contributed by atoms with Crippen LogP contribution in [-0.2, 0) is 10.0 Å². The third-order valence-electron chi connectivity index (χ3n) is 4.74. The maximum atomic E-state index is 12.8. The summed E-state index contributed by atoms with van der Waals surface area (Å²) >= 11 is 0. The summed E-state index contributed by atoms with van der Waals surface area (Å²) in [6.07, 6.45) is 3.85. The Bertz CT molecular complexity index is 844. The van der Waals surface area contributed by atoms with Gasteiger partial charge in [0.2, 0.25) is 10.0 Å². The van der Waals surface area contributed by atoms with Gasteiger partial charge in [0.05, 0.1) is 17.2 Å². The van der Waals surface area contributed by atoms with E-state index in [0.717, 1.165) is 31.7 Å². The molecule has 0 aliphatic carbocycles. The number of likely N-dealkylation sites (tertiary alicyclic amines) is 1. The number of nitrogens with one attached hydrogen (secondary N) is 1. The smallest absolute Gasteiger partial charge is 0.240 e. The summed E-state index contributed by atoms with van der Waals surface area (Å²) in [5.41, 5.74) is 0. The topological polar surface area (TPSA) is 81.0 Å². The minimum absolute atomic E-state index is 0.112. The van der Waals surface area contributed by atoms with Crippen molar-refractivity contribution >= 4 is 10.0 Å². The molecule has 140 valence electrons. The fraction of sp³-hybridized carbons (Fsp3) is 0.444. The molecule has 1 N–H and O–H groups in total. The van der Waals surface area contributed by atoms with E-state index in [9.17, 15) is 8.42 Å². The molecule has 0 amide bonds. The average Bonchev–Trinajstić information content (AvgIpc) is 3.36. The third-order valence-corrected chi connectivity index (χ3v) is 6.16. The van der Waals surface area contributed by atoms with Gasteiger partial charge in [-0.15, -0.1) is 0 Å². The van der Waals surface area contributed by atoms with Gasteiger partial charge in [-0.1, -0.05) is 0 Å². The van der Waals surface area contributed by atoms with E-state index >= 15 is 0 Å². The van der Waals surface area contributed by atoms with E-state index in [1.54, 1.807) is 12.3 Å². The Balaban J connectivity index is 1.51. The molecule has 0 spiro atoms. The summed E-state index contributed by atoms with van der Waals surface area (Å²) in [6, 6.07) is 8.28. The van der Waals surface area contributed by atoms with Crippen LogP contribution in [0.2, 0.25) is 0 Å². The minimum Gasteiger partial charge on any atom is -0.486 e. The van der Waals surface area contributed by atoms with E-state index in [2.05, 4.69) is 9.62 Å². The van der Waals surface area contributed by atoms with Crippen LogP contribution in [0.3, 0.4) is 0 Å². The summed E-state index contributed by atoms with van der Waals surface area (Å²) < 4.78 is 44.7. The molecule has 26 heavy (non-hydrogen) atoms.